The molecule has 1 amide bonds. The summed E-state index contributed by atoms with van der Waals surface area (Å²) in [6, 6.07) is 8.62. The van der Waals surface area contributed by atoms with Gasteiger partial charge < -0.3 is 5.32 Å². The first-order chi connectivity index (χ1) is 8.79. The van der Waals surface area contributed by atoms with Crippen LogP contribution in [0.2, 0.25) is 0 Å². The minimum Gasteiger partial charge on any atom is -0.322 e. The molecule has 0 spiro atoms. The fourth-order valence-corrected chi connectivity index (χ4v) is 1.44. The topological polar surface area (TPSA) is 78.7 Å². The summed E-state index contributed by atoms with van der Waals surface area (Å²) in [7, 11) is 0. The Hall–Kier alpha value is -2.74. The minimum absolute atomic E-state index is 0.191. The highest BCUT2D eigenvalue weighted by Crippen LogP contribution is 2.08. The summed E-state index contributed by atoms with van der Waals surface area (Å²) in [4.78, 5) is 19.8. The van der Waals surface area contributed by atoms with Gasteiger partial charge in [0.05, 0.1) is 18.2 Å². The second-order valence-corrected chi connectivity index (χ2v) is 3.56. The summed E-state index contributed by atoms with van der Waals surface area (Å²) >= 11 is 0. The lowest BCUT2D eigenvalue weighted by Crippen LogP contribution is -2.12. The summed E-state index contributed by atoms with van der Waals surface area (Å²) in [5, 5.41) is 11.3. The maximum atomic E-state index is 11.9. The molecule has 0 aliphatic rings. The summed E-state index contributed by atoms with van der Waals surface area (Å²) in [5.74, 6) is -0.234. The van der Waals surface area contributed by atoms with E-state index in [1.54, 1.807) is 36.7 Å². The zero-order valence-electron chi connectivity index (χ0n) is 9.50. The van der Waals surface area contributed by atoms with Gasteiger partial charge in [0.2, 0.25) is 0 Å². The van der Waals surface area contributed by atoms with E-state index in [-0.39, 0.29) is 12.3 Å². The maximum Gasteiger partial charge on any atom is 0.255 e. The number of amides is 1. The Labute approximate surface area is 104 Å². The molecule has 5 heteroatoms. The molecule has 0 saturated heterocycles. The molecule has 2 aromatic heterocycles. The lowest BCUT2D eigenvalue weighted by Gasteiger charge is -2.05. The molecule has 0 aromatic carbocycles. The van der Waals surface area contributed by atoms with E-state index in [0.717, 1.165) is 0 Å². The third-order valence-corrected chi connectivity index (χ3v) is 2.28. The van der Waals surface area contributed by atoms with Gasteiger partial charge in [0.15, 0.2) is 0 Å². The van der Waals surface area contributed by atoms with Gasteiger partial charge in [-0.05, 0) is 24.3 Å². The van der Waals surface area contributed by atoms with Crippen molar-refractivity contribution >= 4 is 11.6 Å². The van der Waals surface area contributed by atoms with Gasteiger partial charge in [-0.3, -0.25) is 14.8 Å². The van der Waals surface area contributed by atoms with Crippen LogP contribution >= 0.6 is 0 Å². The number of nitrogens with zero attached hydrogens (tertiary/aromatic N) is 3. The van der Waals surface area contributed by atoms with Gasteiger partial charge in [-0.15, -0.1) is 0 Å². The quantitative estimate of drug-likeness (QED) is 0.884. The van der Waals surface area contributed by atoms with E-state index in [9.17, 15) is 4.79 Å². The van der Waals surface area contributed by atoms with Crippen molar-refractivity contribution in [2.24, 2.45) is 0 Å². The zero-order valence-corrected chi connectivity index (χ0v) is 9.50. The number of aromatic nitrogens is 2. The monoisotopic (exact) mass is 238 g/mol. The number of carbonyl (C=O) groups excluding carboxylic acids is 1. The number of hydrogen-bond donors (Lipinski definition) is 1. The molecule has 88 valence electrons. The van der Waals surface area contributed by atoms with Crippen molar-refractivity contribution in [2.45, 2.75) is 6.42 Å². The zero-order chi connectivity index (χ0) is 12.8. The number of rotatable bonds is 3. The van der Waals surface area contributed by atoms with Crippen LogP contribution in [-0.4, -0.2) is 15.9 Å². The molecule has 5 nitrogen and oxygen atoms in total. The van der Waals surface area contributed by atoms with Crippen molar-refractivity contribution in [3.63, 3.8) is 0 Å². The van der Waals surface area contributed by atoms with Crippen LogP contribution in [0.25, 0.3) is 0 Å². The van der Waals surface area contributed by atoms with E-state index in [1.807, 2.05) is 6.07 Å². The lowest BCUT2D eigenvalue weighted by atomic mass is 10.2. The standard InChI is InChI=1S/C13H10N4O/c14-5-1-12-9-10(2-8-16-12)13(18)17-11-3-6-15-7-4-11/h2-4,6-9H,1H2,(H,15,17,18). The molecule has 0 unspecified atom stereocenters. The number of carbonyl (C=O) groups is 1. The van der Waals surface area contributed by atoms with Crippen LogP contribution in [0.3, 0.4) is 0 Å². The van der Waals surface area contributed by atoms with Crippen LogP contribution in [-0.2, 0) is 6.42 Å². The SMILES string of the molecule is N#CCc1cc(C(=O)Nc2ccncc2)ccn1. The number of nitrogens with one attached hydrogen (secondary N) is 1. The minimum atomic E-state index is -0.234. The Balaban J connectivity index is 2.14. The first-order valence-corrected chi connectivity index (χ1v) is 5.33. The molecule has 0 aliphatic heterocycles. The van der Waals surface area contributed by atoms with Crippen molar-refractivity contribution in [2.75, 3.05) is 5.32 Å². The van der Waals surface area contributed by atoms with E-state index in [0.29, 0.717) is 16.9 Å². The van der Waals surface area contributed by atoms with E-state index in [2.05, 4.69) is 15.3 Å². The molecule has 1 N–H and O–H groups in total. The number of hydrogen-bond acceptors (Lipinski definition) is 4. The third-order valence-electron chi connectivity index (χ3n) is 2.28. The predicted molar refractivity (Wildman–Crippen MR) is 65.7 cm³/mol. The normalized spacial score (nSPS) is 9.50. The highest BCUT2D eigenvalue weighted by molar-refractivity contribution is 6.04. The Bertz CT molecular complexity index is 589. The molecule has 0 fully saturated rings. The van der Waals surface area contributed by atoms with Crippen molar-refractivity contribution in [1.29, 1.82) is 5.26 Å². The van der Waals surface area contributed by atoms with Crippen molar-refractivity contribution in [3.8, 4) is 6.07 Å². The second-order valence-electron chi connectivity index (χ2n) is 3.56. The average Bonchev–Trinajstić information content (AvgIpc) is 2.40. The van der Waals surface area contributed by atoms with E-state index >= 15 is 0 Å². The third kappa shape index (κ3) is 2.89. The Kier molecular flexibility index (Phi) is 3.62. The maximum absolute atomic E-state index is 11.9. The Morgan fingerprint density at radius 2 is 2.06 bits per heavy atom. The van der Waals surface area contributed by atoms with Crippen LogP contribution in [0.1, 0.15) is 16.1 Å². The van der Waals surface area contributed by atoms with Crippen LogP contribution in [0, 0.1) is 11.3 Å². The van der Waals surface area contributed by atoms with Gasteiger partial charge in [0.1, 0.15) is 0 Å². The molecule has 2 heterocycles. The molecular formula is C13H10N4O. The van der Waals surface area contributed by atoms with E-state index in [1.165, 1.54) is 6.20 Å². The first-order valence-electron chi connectivity index (χ1n) is 5.33. The van der Waals surface area contributed by atoms with Gasteiger partial charge in [-0.1, -0.05) is 0 Å². The van der Waals surface area contributed by atoms with Crippen LogP contribution in [0.15, 0.2) is 42.9 Å². The van der Waals surface area contributed by atoms with E-state index in [4.69, 9.17) is 5.26 Å². The summed E-state index contributed by atoms with van der Waals surface area (Å²) in [6.07, 6.45) is 4.91. The predicted octanol–water partition coefficient (Wildman–Crippen LogP) is 1.79. The molecular weight excluding hydrogens is 228 g/mol. The van der Waals surface area contributed by atoms with Crippen LogP contribution < -0.4 is 5.32 Å². The molecule has 18 heavy (non-hydrogen) atoms. The number of pyridine rings is 2. The molecule has 2 aromatic rings. The number of anilines is 1. The van der Waals surface area contributed by atoms with Gasteiger partial charge >= 0.3 is 0 Å². The molecule has 2 rings (SSSR count). The van der Waals surface area contributed by atoms with Crippen molar-refractivity contribution in [3.05, 3.63) is 54.1 Å². The molecule has 0 radical (unpaired) electrons. The smallest absolute Gasteiger partial charge is 0.255 e. The highest BCUT2D eigenvalue weighted by atomic mass is 16.1. The largest absolute Gasteiger partial charge is 0.322 e. The molecule has 0 atom stereocenters. The fourth-order valence-electron chi connectivity index (χ4n) is 1.44. The number of nitriles is 1. The van der Waals surface area contributed by atoms with Crippen LogP contribution in [0.4, 0.5) is 5.69 Å². The molecule has 0 aliphatic carbocycles. The van der Waals surface area contributed by atoms with Crippen LogP contribution in [0.5, 0.6) is 0 Å². The molecule has 0 saturated carbocycles. The van der Waals surface area contributed by atoms with Crippen molar-refractivity contribution in [1.82, 2.24) is 9.97 Å². The van der Waals surface area contributed by atoms with Gasteiger partial charge in [-0.2, -0.15) is 5.26 Å². The second kappa shape index (κ2) is 5.55. The van der Waals surface area contributed by atoms with Gasteiger partial charge in [-0.25, -0.2) is 0 Å². The Morgan fingerprint density at radius 1 is 1.28 bits per heavy atom. The Morgan fingerprint density at radius 3 is 2.78 bits per heavy atom. The van der Waals surface area contributed by atoms with E-state index < -0.39 is 0 Å². The van der Waals surface area contributed by atoms with Crippen molar-refractivity contribution < 1.29 is 4.79 Å². The summed E-state index contributed by atoms with van der Waals surface area (Å²) in [5.41, 5.74) is 1.74. The summed E-state index contributed by atoms with van der Waals surface area (Å²) in [6.45, 7) is 0. The lowest BCUT2D eigenvalue weighted by molar-refractivity contribution is 0.102. The average molecular weight is 238 g/mol. The molecule has 0 bridgehead atoms. The fraction of sp³-hybridized carbons (Fsp3) is 0.0769. The van der Waals surface area contributed by atoms with Gasteiger partial charge in [0, 0.05) is 29.8 Å². The van der Waals surface area contributed by atoms with Gasteiger partial charge in [0.25, 0.3) is 5.91 Å². The first kappa shape index (κ1) is 11.7. The summed E-state index contributed by atoms with van der Waals surface area (Å²) < 4.78 is 0. The highest BCUT2D eigenvalue weighted by Gasteiger charge is 2.07.